The third-order valence-electron chi connectivity index (χ3n) is 7.08. The molecule has 1 atom stereocenters. The third kappa shape index (κ3) is 3.37. The van der Waals surface area contributed by atoms with Gasteiger partial charge in [-0.15, -0.1) is 12.8 Å². The number of aromatic nitrogens is 1. The summed E-state index contributed by atoms with van der Waals surface area (Å²) in [5, 5.41) is 0.726. The highest BCUT2D eigenvalue weighted by atomic mass is 35.5. The summed E-state index contributed by atoms with van der Waals surface area (Å²) in [6.45, 7) is 4.37. The number of halogens is 1. The van der Waals surface area contributed by atoms with E-state index in [0.29, 0.717) is 0 Å². The number of nitrogens with zero attached hydrogens (tertiary/aromatic N) is 3. The first-order valence-corrected chi connectivity index (χ1v) is 11.4. The number of carbonyl (C=O) groups is 1. The molecule has 5 rings (SSSR count). The molecule has 1 amide bonds. The highest BCUT2D eigenvalue weighted by Gasteiger charge is 2.70. The van der Waals surface area contributed by atoms with Crippen LogP contribution < -0.4 is 0 Å². The van der Waals surface area contributed by atoms with Gasteiger partial charge in [0.05, 0.1) is 0 Å². The Hall–Kier alpha value is -2.87. The quantitative estimate of drug-likeness (QED) is 0.473. The lowest BCUT2D eigenvalue weighted by atomic mass is 9.73. The zero-order chi connectivity index (χ0) is 22.8. The van der Waals surface area contributed by atoms with Crippen LogP contribution in [0.2, 0.25) is 0 Å². The van der Waals surface area contributed by atoms with E-state index in [9.17, 15) is 4.79 Å². The van der Waals surface area contributed by atoms with E-state index >= 15 is 0 Å². The van der Waals surface area contributed by atoms with E-state index in [4.69, 9.17) is 11.6 Å². The Bertz CT molecular complexity index is 1070. The molecule has 164 valence electrons. The molecule has 0 N–H and O–H groups in total. The molecule has 3 heterocycles. The molecule has 4 nitrogen and oxygen atoms in total. The van der Waals surface area contributed by atoms with Gasteiger partial charge in [0.1, 0.15) is 5.66 Å². The minimum Gasteiger partial charge on any atom is -0.318 e. The molecule has 1 unspecified atom stereocenters. The molecule has 2 aromatic rings. The number of allylic oxidation sites excluding steroid dienone is 3. The maximum atomic E-state index is 13.6. The van der Waals surface area contributed by atoms with Crippen LogP contribution in [-0.2, 0) is 12.0 Å². The van der Waals surface area contributed by atoms with E-state index in [0.717, 1.165) is 49.5 Å². The van der Waals surface area contributed by atoms with Crippen molar-refractivity contribution in [2.45, 2.75) is 43.8 Å². The summed E-state index contributed by atoms with van der Waals surface area (Å²) in [7, 11) is 0. The maximum Gasteiger partial charge on any atom is 0.255 e. The maximum absolute atomic E-state index is 13.6. The second-order valence-corrected chi connectivity index (χ2v) is 8.89. The molecule has 1 aromatic carbocycles. The number of fused-ring (bicyclic) bond motifs is 4. The van der Waals surface area contributed by atoms with Crippen LogP contribution in [-0.4, -0.2) is 39.4 Å². The Morgan fingerprint density at radius 3 is 2.56 bits per heavy atom. The van der Waals surface area contributed by atoms with Crippen LogP contribution in [0.5, 0.6) is 0 Å². The molecule has 1 saturated heterocycles. The third-order valence-corrected chi connectivity index (χ3v) is 7.42. The first-order valence-electron chi connectivity index (χ1n) is 11.0. The SMILES string of the molecule is C#C.C/C=C(Cl)\C=C/CC12N(Cc3ccncc3)CCN1C(=O)c1ccccc1C21CC1. The Labute approximate surface area is 195 Å². The van der Waals surface area contributed by atoms with Crippen molar-refractivity contribution in [2.24, 2.45) is 0 Å². The molecule has 0 radical (unpaired) electrons. The van der Waals surface area contributed by atoms with E-state index < -0.39 is 0 Å². The van der Waals surface area contributed by atoms with Crippen molar-refractivity contribution in [3.8, 4) is 12.8 Å². The van der Waals surface area contributed by atoms with Gasteiger partial charge in [0.15, 0.2) is 0 Å². The van der Waals surface area contributed by atoms with Crippen molar-refractivity contribution in [3.05, 3.63) is 88.7 Å². The van der Waals surface area contributed by atoms with E-state index in [1.165, 1.54) is 11.1 Å². The summed E-state index contributed by atoms with van der Waals surface area (Å²) in [5.41, 5.74) is 2.95. The number of carbonyl (C=O) groups excluding carboxylic acids is 1. The summed E-state index contributed by atoms with van der Waals surface area (Å²) < 4.78 is 0. The predicted molar refractivity (Wildman–Crippen MR) is 129 cm³/mol. The largest absolute Gasteiger partial charge is 0.318 e. The molecule has 1 spiro atoms. The zero-order valence-electron chi connectivity index (χ0n) is 18.4. The van der Waals surface area contributed by atoms with Crippen LogP contribution in [0.3, 0.4) is 0 Å². The second-order valence-electron chi connectivity index (χ2n) is 8.46. The van der Waals surface area contributed by atoms with Crippen LogP contribution in [0.1, 0.15) is 47.7 Å². The first kappa shape index (κ1) is 22.3. The fourth-order valence-electron chi connectivity index (χ4n) is 5.62. The van der Waals surface area contributed by atoms with Gasteiger partial charge in [-0.1, -0.05) is 42.0 Å². The predicted octanol–water partition coefficient (Wildman–Crippen LogP) is 5.12. The van der Waals surface area contributed by atoms with Gasteiger partial charge in [-0.05, 0) is 55.2 Å². The number of hydrogen-bond acceptors (Lipinski definition) is 3. The molecule has 5 heteroatoms. The molecule has 2 fully saturated rings. The Kier molecular flexibility index (Phi) is 6.24. The average molecular weight is 446 g/mol. The van der Waals surface area contributed by atoms with Gasteiger partial charge in [0.2, 0.25) is 0 Å². The van der Waals surface area contributed by atoms with Crippen molar-refractivity contribution in [1.82, 2.24) is 14.8 Å². The van der Waals surface area contributed by atoms with Crippen molar-refractivity contribution in [1.29, 1.82) is 0 Å². The summed E-state index contributed by atoms with van der Waals surface area (Å²) in [4.78, 5) is 22.4. The lowest BCUT2D eigenvalue weighted by molar-refractivity contribution is -0.0227. The Morgan fingerprint density at radius 2 is 1.88 bits per heavy atom. The lowest BCUT2D eigenvalue weighted by Gasteiger charge is -2.53. The van der Waals surface area contributed by atoms with Gasteiger partial charge in [-0.2, -0.15) is 0 Å². The van der Waals surface area contributed by atoms with Crippen LogP contribution in [0.15, 0.2) is 72.1 Å². The smallest absolute Gasteiger partial charge is 0.255 e. The number of hydrogen-bond donors (Lipinski definition) is 0. The van der Waals surface area contributed by atoms with Crippen molar-refractivity contribution >= 4 is 17.5 Å². The first-order chi connectivity index (χ1) is 15.6. The number of pyridine rings is 1. The summed E-state index contributed by atoms with van der Waals surface area (Å²) in [6.07, 6.45) is 20.7. The normalized spacial score (nSPS) is 23.6. The van der Waals surface area contributed by atoms with Crippen molar-refractivity contribution in [2.75, 3.05) is 13.1 Å². The Morgan fingerprint density at radius 1 is 1.16 bits per heavy atom. The summed E-state index contributed by atoms with van der Waals surface area (Å²) >= 11 is 6.26. The second kappa shape index (κ2) is 8.94. The van der Waals surface area contributed by atoms with Gasteiger partial charge < -0.3 is 4.90 Å². The van der Waals surface area contributed by atoms with Gasteiger partial charge in [-0.3, -0.25) is 14.7 Å². The van der Waals surface area contributed by atoms with E-state index in [2.05, 4.69) is 58.0 Å². The number of terminal acetylenes is 1. The van der Waals surface area contributed by atoms with Crippen LogP contribution >= 0.6 is 11.6 Å². The summed E-state index contributed by atoms with van der Waals surface area (Å²) in [6, 6.07) is 12.4. The fourth-order valence-corrected chi connectivity index (χ4v) is 5.71. The number of amides is 1. The Balaban J connectivity index is 0.00000119. The number of benzene rings is 1. The molecule has 1 aliphatic carbocycles. The van der Waals surface area contributed by atoms with Gasteiger partial charge in [0.25, 0.3) is 5.91 Å². The van der Waals surface area contributed by atoms with E-state index in [1.807, 2.05) is 43.6 Å². The van der Waals surface area contributed by atoms with E-state index in [1.54, 1.807) is 0 Å². The van der Waals surface area contributed by atoms with Crippen molar-refractivity contribution in [3.63, 3.8) is 0 Å². The highest BCUT2D eigenvalue weighted by Crippen LogP contribution is 2.64. The highest BCUT2D eigenvalue weighted by molar-refractivity contribution is 6.31. The van der Waals surface area contributed by atoms with Gasteiger partial charge >= 0.3 is 0 Å². The molecule has 3 aliphatic rings. The molecular weight excluding hydrogens is 418 g/mol. The standard InChI is InChI=1S/C25H26ClN3O.C2H2/c1-2-20(26)6-5-11-25-24(12-13-24)22-8-4-3-7-21(22)23(30)29(25)17-16-28(25)18-19-9-14-27-15-10-19;1-2/h2-10,14-15H,11-13,16-18H2,1H3;1-2H/b6-5-,20-2+;. The molecule has 32 heavy (non-hydrogen) atoms. The fraction of sp³-hybridized carbons (Fsp3) is 0.333. The topological polar surface area (TPSA) is 36.4 Å². The van der Waals surface area contributed by atoms with E-state index in [-0.39, 0.29) is 17.0 Å². The van der Waals surface area contributed by atoms with Crippen LogP contribution in [0.4, 0.5) is 0 Å². The molecule has 1 saturated carbocycles. The molecule has 1 aromatic heterocycles. The van der Waals surface area contributed by atoms with Crippen LogP contribution in [0, 0.1) is 12.8 Å². The zero-order valence-corrected chi connectivity index (χ0v) is 19.1. The molecular formula is C27H28ClN3O. The van der Waals surface area contributed by atoms with Gasteiger partial charge in [-0.25, -0.2) is 0 Å². The van der Waals surface area contributed by atoms with Crippen molar-refractivity contribution < 1.29 is 4.79 Å². The lowest BCUT2D eigenvalue weighted by Crippen LogP contribution is -2.65. The van der Waals surface area contributed by atoms with Gasteiger partial charge in [0, 0.05) is 54.5 Å². The minimum atomic E-state index is -0.358. The molecule has 2 aliphatic heterocycles. The number of rotatable bonds is 5. The molecule has 0 bridgehead atoms. The summed E-state index contributed by atoms with van der Waals surface area (Å²) in [5.74, 6) is 0.158. The average Bonchev–Trinajstić information content (AvgIpc) is 3.57. The van der Waals surface area contributed by atoms with Crippen LogP contribution in [0.25, 0.3) is 0 Å². The minimum absolute atomic E-state index is 0.0201. The monoisotopic (exact) mass is 445 g/mol.